The van der Waals surface area contributed by atoms with Crippen molar-refractivity contribution in [3.05, 3.63) is 59.7 Å². The van der Waals surface area contributed by atoms with Crippen LogP contribution in [0.2, 0.25) is 0 Å². The molecular formula is C22H26N2O2. The van der Waals surface area contributed by atoms with Gasteiger partial charge in [-0.2, -0.15) is 0 Å². The van der Waals surface area contributed by atoms with Gasteiger partial charge in [-0.25, -0.2) is 0 Å². The van der Waals surface area contributed by atoms with Gasteiger partial charge in [0.05, 0.1) is 26.3 Å². The van der Waals surface area contributed by atoms with Gasteiger partial charge in [-0.05, 0) is 48.2 Å². The molecule has 1 fully saturated rings. The summed E-state index contributed by atoms with van der Waals surface area (Å²) in [5.74, 6) is 1.70. The highest BCUT2D eigenvalue weighted by Gasteiger charge is 2.23. The predicted molar refractivity (Wildman–Crippen MR) is 107 cm³/mol. The fraction of sp³-hybridized carbons (Fsp3) is 0.364. The standard InChI is InChI=1S/C22H26N2O2/c1-25-19-9-5-7-17(13-19)15-23-21-11-3-4-12-22(21)24-16-18-8-6-10-20(14-18)26-2/h5-10,13-16,21-22H,3-4,11-12H2,1-2H3/t21-,22-/m0/s1. The Morgan fingerprint density at radius 3 is 1.65 bits per heavy atom. The summed E-state index contributed by atoms with van der Waals surface area (Å²) in [6.45, 7) is 0. The molecule has 0 unspecified atom stereocenters. The first-order valence-corrected chi connectivity index (χ1v) is 9.13. The van der Waals surface area contributed by atoms with E-state index in [1.54, 1.807) is 14.2 Å². The highest BCUT2D eigenvalue weighted by Crippen LogP contribution is 2.24. The van der Waals surface area contributed by atoms with E-state index in [1.807, 2.05) is 61.0 Å². The molecule has 1 saturated carbocycles. The van der Waals surface area contributed by atoms with Crippen LogP contribution < -0.4 is 9.47 Å². The summed E-state index contributed by atoms with van der Waals surface area (Å²) in [5.41, 5.74) is 2.12. The summed E-state index contributed by atoms with van der Waals surface area (Å²) < 4.78 is 10.6. The monoisotopic (exact) mass is 350 g/mol. The van der Waals surface area contributed by atoms with Crippen LogP contribution in [0.5, 0.6) is 11.5 Å². The zero-order valence-corrected chi connectivity index (χ0v) is 15.5. The molecule has 0 aromatic heterocycles. The van der Waals surface area contributed by atoms with Crippen molar-refractivity contribution in [3.63, 3.8) is 0 Å². The van der Waals surface area contributed by atoms with Crippen molar-refractivity contribution in [3.8, 4) is 11.5 Å². The lowest BCUT2D eigenvalue weighted by Crippen LogP contribution is -2.27. The van der Waals surface area contributed by atoms with Crippen molar-refractivity contribution in [1.29, 1.82) is 0 Å². The summed E-state index contributed by atoms with van der Waals surface area (Å²) in [6, 6.07) is 16.4. The van der Waals surface area contributed by atoms with Crippen LogP contribution >= 0.6 is 0 Å². The van der Waals surface area contributed by atoms with Gasteiger partial charge < -0.3 is 9.47 Å². The van der Waals surface area contributed by atoms with Crippen LogP contribution in [0.1, 0.15) is 36.8 Å². The minimum atomic E-state index is 0.233. The van der Waals surface area contributed by atoms with Gasteiger partial charge in [-0.1, -0.05) is 37.1 Å². The molecule has 4 nitrogen and oxygen atoms in total. The molecule has 0 spiro atoms. The first-order valence-electron chi connectivity index (χ1n) is 9.13. The predicted octanol–water partition coefficient (Wildman–Crippen LogP) is 4.55. The number of hydrogen-bond donors (Lipinski definition) is 0. The Balaban J connectivity index is 1.70. The summed E-state index contributed by atoms with van der Waals surface area (Å²) >= 11 is 0. The van der Waals surface area contributed by atoms with Gasteiger partial charge in [0.15, 0.2) is 0 Å². The maximum absolute atomic E-state index is 5.28. The number of ether oxygens (including phenoxy) is 2. The first kappa shape index (κ1) is 18.2. The number of nitrogens with zero attached hydrogens (tertiary/aromatic N) is 2. The van der Waals surface area contributed by atoms with E-state index in [4.69, 9.17) is 19.5 Å². The maximum Gasteiger partial charge on any atom is 0.119 e. The first-order chi connectivity index (χ1) is 12.8. The lowest BCUT2D eigenvalue weighted by molar-refractivity contribution is 0.390. The van der Waals surface area contributed by atoms with Crippen LogP contribution in [0.25, 0.3) is 0 Å². The Bertz CT molecular complexity index is 705. The molecule has 1 aliphatic carbocycles. The molecule has 2 atom stereocenters. The summed E-state index contributed by atoms with van der Waals surface area (Å²) in [6.07, 6.45) is 8.50. The Labute approximate surface area is 155 Å². The largest absolute Gasteiger partial charge is 0.497 e. The Hall–Kier alpha value is -2.62. The third-order valence-corrected chi connectivity index (χ3v) is 4.71. The molecule has 0 amide bonds. The molecule has 1 aliphatic rings. The van der Waals surface area contributed by atoms with Crippen molar-refractivity contribution in [2.45, 2.75) is 37.8 Å². The summed E-state index contributed by atoms with van der Waals surface area (Å²) in [7, 11) is 3.36. The zero-order valence-electron chi connectivity index (χ0n) is 15.5. The molecule has 26 heavy (non-hydrogen) atoms. The lowest BCUT2D eigenvalue weighted by atomic mass is 9.91. The molecule has 0 aliphatic heterocycles. The normalized spacial score (nSPS) is 20.5. The topological polar surface area (TPSA) is 43.2 Å². The molecule has 4 heteroatoms. The van der Waals surface area contributed by atoms with Gasteiger partial charge in [-0.3, -0.25) is 9.98 Å². The SMILES string of the molecule is COc1cccc(C=N[C@H]2CCCC[C@@H]2N=Cc2cccc(OC)c2)c1. The molecule has 0 bridgehead atoms. The smallest absolute Gasteiger partial charge is 0.119 e. The van der Waals surface area contributed by atoms with Crippen LogP contribution in [0.4, 0.5) is 0 Å². The van der Waals surface area contributed by atoms with Gasteiger partial charge in [0.25, 0.3) is 0 Å². The molecule has 2 aromatic rings. The van der Waals surface area contributed by atoms with E-state index in [0.29, 0.717) is 0 Å². The van der Waals surface area contributed by atoms with Crippen molar-refractivity contribution >= 4 is 12.4 Å². The Morgan fingerprint density at radius 1 is 0.769 bits per heavy atom. The van der Waals surface area contributed by atoms with E-state index in [2.05, 4.69) is 0 Å². The van der Waals surface area contributed by atoms with E-state index in [-0.39, 0.29) is 12.1 Å². The maximum atomic E-state index is 5.28. The van der Waals surface area contributed by atoms with Gasteiger partial charge >= 0.3 is 0 Å². The lowest BCUT2D eigenvalue weighted by Gasteiger charge is -2.25. The average Bonchev–Trinajstić information content (AvgIpc) is 2.71. The highest BCUT2D eigenvalue weighted by atomic mass is 16.5. The fourth-order valence-electron chi connectivity index (χ4n) is 3.25. The van der Waals surface area contributed by atoms with Gasteiger partial charge in [0.1, 0.15) is 11.5 Å². The van der Waals surface area contributed by atoms with Crippen molar-refractivity contribution in [2.75, 3.05) is 14.2 Å². The van der Waals surface area contributed by atoms with Gasteiger partial charge in [0, 0.05) is 12.4 Å². The minimum absolute atomic E-state index is 0.233. The second-order valence-electron chi connectivity index (χ2n) is 6.53. The molecule has 0 N–H and O–H groups in total. The molecule has 136 valence electrons. The van der Waals surface area contributed by atoms with Crippen molar-refractivity contribution in [2.24, 2.45) is 9.98 Å². The molecule has 0 saturated heterocycles. The zero-order chi connectivity index (χ0) is 18.2. The Morgan fingerprint density at radius 2 is 1.23 bits per heavy atom. The number of hydrogen-bond acceptors (Lipinski definition) is 4. The molecular weight excluding hydrogens is 324 g/mol. The number of methoxy groups -OCH3 is 2. The molecule has 3 rings (SSSR count). The third kappa shape index (κ3) is 4.94. The second-order valence-corrected chi connectivity index (χ2v) is 6.53. The van der Waals surface area contributed by atoms with Crippen LogP contribution in [-0.2, 0) is 0 Å². The van der Waals surface area contributed by atoms with E-state index in [1.165, 1.54) is 12.8 Å². The average molecular weight is 350 g/mol. The van der Waals surface area contributed by atoms with Gasteiger partial charge in [-0.15, -0.1) is 0 Å². The fourth-order valence-corrected chi connectivity index (χ4v) is 3.25. The molecule has 2 aromatic carbocycles. The van der Waals surface area contributed by atoms with E-state index < -0.39 is 0 Å². The van der Waals surface area contributed by atoms with E-state index >= 15 is 0 Å². The van der Waals surface area contributed by atoms with Gasteiger partial charge in [0.2, 0.25) is 0 Å². The third-order valence-electron chi connectivity index (χ3n) is 4.71. The van der Waals surface area contributed by atoms with Crippen molar-refractivity contribution < 1.29 is 9.47 Å². The number of benzene rings is 2. The van der Waals surface area contributed by atoms with E-state index in [0.717, 1.165) is 35.5 Å². The number of rotatable bonds is 6. The minimum Gasteiger partial charge on any atom is -0.497 e. The number of aliphatic imine (C=N–C) groups is 2. The Kier molecular flexibility index (Phi) is 6.42. The van der Waals surface area contributed by atoms with Crippen molar-refractivity contribution in [1.82, 2.24) is 0 Å². The molecule has 0 heterocycles. The van der Waals surface area contributed by atoms with Crippen LogP contribution in [0.15, 0.2) is 58.5 Å². The quantitative estimate of drug-likeness (QED) is 0.717. The highest BCUT2D eigenvalue weighted by molar-refractivity contribution is 5.81. The van der Waals surface area contributed by atoms with Crippen LogP contribution in [0.3, 0.4) is 0 Å². The van der Waals surface area contributed by atoms with Crippen LogP contribution in [-0.4, -0.2) is 38.7 Å². The summed E-state index contributed by atoms with van der Waals surface area (Å²) in [5, 5.41) is 0. The molecule has 0 radical (unpaired) electrons. The second kappa shape index (κ2) is 9.18. The van der Waals surface area contributed by atoms with E-state index in [9.17, 15) is 0 Å². The van der Waals surface area contributed by atoms with Crippen LogP contribution in [0, 0.1) is 0 Å². The summed E-state index contributed by atoms with van der Waals surface area (Å²) in [4.78, 5) is 9.67.